The van der Waals surface area contributed by atoms with Gasteiger partial charge in [0, 0.05) is 55.4 Å². The highest BCUT2D eigenvalue weighted by Gasteiger charge is 2.24. The monoisotopic (exact) mass is 507 g/mol. The standard InChI is InChI=1S/C29H37N3O5/c1-29(2,3)37-28(34)31(4)14-15-36-22-8-6-21(7-9-22)25-17-27(32-13-12-20(18-32)19-33)24-11-10-23(35-5)16-26(24)30-25/h6-11,16-17,20,33H,12-15,18-19H2,1-5H3. The molecular weight excluding hydrogens is 470 g/mol. The van der Waals surface area contributed by atoms with Crippen molar-refractivity contribution in [1.82, 2.24) is 9.88 Å². The van der Waals surface area contributed by atoms with E-state index in [1.54, 1.807) is 14.2 Å². The van der Waals surface area contributed by atoms with Crippen LogP contribution in [0.1, 0.15) is 27.2 Å². The fourth-order valence-corrected chi connectivity index (χ4v) is 4.38. The highest BCUT2D eigenvalue weighted by atomic mass is 16.6. The van der Waals surface area contributed by atoms with E-state index in [2.05, 4.69) is 17.0 Å². The first-order valence-electron chi connectivity index (χ1n) is 12.7. The first-order valence-corrected chi connectivity index (χ1v) is 12.7. The summed E-state index contributed by atoms with van der Waals surface area (Å²) >= 11 is 0. The summed E-state index contributed by atoms with van der Waals surface area (Å²) in [4.78, 5) is 20.9. The lowest BCUT2D eigenvalue weighted by atomic mass is 10.1. The Hall–Kier alpha value is -3.52. The number of methoxy groups -OCH3 is 1. The first-order chi connectivity index (χ1) is 17.7. The second kappa shape index (κ2) is 11.3. The minimum atomic E-state index is -0.529. The van der Waals surface area contributed by atoms with E-state index in [0.29, 0.717) is 18.9 Å². The second-order valence-corrected chi connectivity index (χ2v) is 10.5. The first kappa shape index (κ1) is 26.5. The van der Waals surface area contributed by atoms with Gasteiger partial charge in [0.1, 0.15) is 23.7 Å². The molecule has 4 rings (SSSR count). The number of hydrogen-bond donors (Lipinski definition) is 1. The quantitative estimate of drug-likeness (QED) is 0.461. The van der Waals surface area contributed by atoms with Gasteiger partial charge in [0.2, 0.25) is 0 Å². The van der Waals surface area contributed by atoms with Gasteiger partial charge >= 0.3 is 6.09 Å². The summed E-state index contributed by atoms with van der Waals surface area (Å²) in [5.41, 5.74) is 3.29. The number of rotatable bonds is 8. The van der Waals surface area contributed by atoms with Crippen molar-refractivity contribution in [2.75, 3.05) is 51.9 Å². The number of nitrogens with zero attached hydrogens (tertiary/aromatic N) is 3. The minimum Gasteiger partial charge on any atom is -0.497 e. The van der Waals surface area contributed by atoms with Gasteiger partial charge in [-0.1, -0.05) is 0 Å². The molecule has 0 aliphatic carbocycles. The zero-order valence-corrected chi connectivity index (χ0v) is 22.4. The van der Waals surface area contributed by atoms with E-state index < -0.39 is 5.60 Å². The van der Waals surface area contributed by atoms with E-state index in [1.807, 2.05) is 57.2 Å². The van der Waals surface area contributed by atoms with Crippen LogP contribution >= 0.6 is 0 Å². The minimum absolute atomic E-state index is 0.204. The largest absolute Gasteiger partial charge is 0.497 e. The summed E-state index contributed by atoms with van der Waals surface area (Å²) in [6.07, 6.45) is 0.602. The van der Waals surface area contributed by atoms with Crippen molar-refractivity contribution in [3.05, 3.63) is 48.5 Å². The van der Waals surface area contributed by atoms with Crippen molar-refractivity contribution in [1.29, 1.82) is 0 Å². The lowest BCUT2D eigenvalue weighted by Crippen LogP contribution is -2.36. The van der Waals surface area contributed by atoms with Crippen LogP contribution in [0.4, 0.5) is 10.5 Å². The smallest absolute Gasteiger partial charge is 0.410 e. The zero-order chi connectivity index (χ0) is 26.6. The van der Waals surface area contributed by atoms with Gasteiger partial charge in [0.15, 0.2) is 0 Å². The molecule has 1 aliphatic heterocycles. The zero-order valence-electron chi connectivity index (χ0n) is 22.4. The predicted molar refractivity (Wildman–Crippen MR) is 145 cm³/mol. The number of amides is 1. The molecule has 0 bridgehead atoms. The van der Waals surface area contributed by atoms with Crippen LogP contribution in [0.15, 0.2) is 48.5 Å². The average Bonchev–Trinajstić information content (AvgIpc) is 3.36. The molecule has 2 aromatic carbocycles. The van der Waals surface area contributed by atoms with Gasteiger partial charge in [0.25, 0.3) is 0 Å². The van der Waals surface area contributed by atoms with Crippen LogP contribution in [0.25, 0.3) is 22.2 Å². The molecule has 1 unspecified atom stereocenters. The van der Waals surface area contributed by atoms with Crippen molar-refractivity contribution in [3.63, 3.8) is 0 Å². The number of hydrogen-bond acceptors (Lipinski definition) is 7. The van der Waals surface area contributed by atoms with Crippen molar-refractivity contribution in [2.45, 2.75) is 32.8 Å². The highest BCUT2D eigenvalue weighted by Crippen LogP contribution is 2.35. The number of ether oxygens (including phenoxy) is 3. The normalized spacial score (nSPS) is 15.6. The summed E-state index contributed by atoms with van der Waals surface area (Å²) in [5, 5.41) is 10.7. The van der Waals surface area contributed by atoms with Gasteiger partial charge < -0.3 is 29.1 Å². The van der Waals surface area contributed by atoms with Gasteiger partial charge in [-0.3, -0.25) is 0 Å². The van der Waals surface area contributed by atoms with Crippen molar-refractivity contribution < 1.29 is 24.1 Å². The molecule has 0 radical (unpaired) electrons. The fraction of sp³-hybridized carbons (Fsp3) is 0.448. The summed E-state index contributed by atoms with van der Waals surface area (Å²) < 4.78 is 16.7. The third-order valence-electron chi connectivity index (χ3n) is 6.43. The molecule has 8 heteroatoms. The van der Waals surface area contributed by atoms with Crippen LogP contribution in [-0.4, -0.2) is 73.7 Å². The Morgan fingerprint density at radius 1 is 1.14 bits per heavy atom. The lowest BCUT2D eigenvalue weighted by molar-refractivity contribution is 0.0278. The number of benzene rings is 2. The molecule has 198 valence electrons. The molecule has 37 heavy (non-hydrogen) atoms. The Morgan fingerprint density at radius 2 is 1.86 bits per heavy atom. The maximum absolute atomic E-state index is 12.1. The third kappa shape index (κ3) is 6.63. The molecule has 1 N–H and O–H groups in total. The second-order valence-electron chi connectivity index (χ2n) is 10.5. The molecule has 1 aliphatic rings. The van der Waals surface area contributed by atoms with E-state index in [4.69, 9.17) is 19.2 Å². The number of fused-ring (bicyclic) bond motifs is 1. The number of pyridine rings is 1. The van der Waals surface area contributed by atoms with Crippen LogP contribution < -0.4 is 14.4 Å². The lowest BCUT2D eigenvalue weighted by Gasteiger charge is -2.24. The molecule has 1 saturated heterocycles. The SMILES string of the molecule is COc1ccc2c(N3CCC(CO)C3)cc(-c3ccc(OCCN(C)C(=O)OC(C)(C)C)cc3)nc2c1. The Balaban J connectivity index is 1.50. The summed E-state index contributed by atoms with van der Waals surface area (Å²) in [6, 6.07) is 15.9. The Bertz CT molecular complexity index is 1220. The summed E-state index contributed by atoms with van der Waals surface area (Å²) in [5.74, 6) is 1.77. The Morgan fingerprint density at radius 3 is 2.51 bits per heavy atom. The number of likely N-dealkylation sites (N-methyl/N-ethyl adjacent to an activating group) is 1. The fourth-order valence-electron chi connectivity index (χ4n) is 4.38. The highest BCUT2D eigenvalue weighted by molar-refractivity contribution is 5.95. The average molecular weight is 508 g/mol. The van der Waals surface area contributed by atoms with Crippen molar-refractivity contribution >= 4 is 22.7 Å². The van der Waals surface area contributed by atoms with Crippen LogP contribution in [0, 0.1) is 5.92 Å². The van der Waals surface area contributed by atoms with Crippen molar-refractivity contribution in [3.8, 4) is 22.8 Å². The molecule has 1 amide bonds. The molecule has 0 spiro atoms. The molecule has 8 nitrogen and oxygen atoms in total. The van der Waals surface area contributed by atoms with Gasteiger partial charge in [-0.2, -0.15) is 0 Å². The van der Waals surface area contributed by atoms with Gasteiger partial charge in [-0.05, 0) is 69.7 Å². The molecule has 0 saturated carbocycles. The maximum Gasteiger partial charge on any atom is 0.410 e. The van der Waals surface area contributed by atoms with Gasteiger partial charge in [0.05, 0.1) is 24.9 Å². The third-order valence-corrected chi connectivity index (χ3v) is 6.43. The van der Waals surface area contributed by atoms with Crippen LogP contribution in [-0.2, 0) is 4.74 Å². The molecular formula is C29H37N3O5. The number of carbonyl (C=O) groups is 1. The van der Waals surface area contributed by atoms with Gasteiger partial charge in [-0.15, -0.1) is 0 Å². The number of aliphatic hydroxyl groups excluding tert-OH is 1. The molecule has 1 aromatic heterocycles. The molecule has 3 aromatic rings. The maximum atomic E-state index is 12.1. The predicted octanol–water partition coefficient (Wildman–Crippen LogP) is 4.97. The van der Waals surface area contributed by atoms with Crippen LogP contribution in [0.3, 0.4) is 0 Å². The summed E-state index contributed by atoms with van der Waals surface area (Å²) in [6.45, 7) is 8.24. The summed E-state index contributed by atoms with van der Waals surface area (Å²) in [7, 11) is 3.35. The Labute approximate surface area is 218 Å². The van der Waals surface area contributed by atoms with E-state index >= 15 is 0 Å². The topological polar surface area (TPSA) is 84.4 Å². The molecule has 1 fully saturated rings. The number of aromatic nitrogens is 1. The number of carbonyl (C=O) groups excluding carboxylic acids is 1. The van der Waals surface area contributed by atoms with Crippen LogP contribution in [0.2, 0.25) is 0 Å². The number of aliphatic hydroxyl groups is 1. The van der Waals surface area contributed by atoms with E-state index in [-0.39, 0.29) is 18.6 Å². The van der Waals surface area contributed by atoms with E-state index in [9.17, 15) is 9.90 Å². The molecule has 2 heterocycles. The van der Waals surface area contributed by atoms with Crippen LogP contribution in [0.5, 0.6) is 11.5 Å². The van der Waals surface area contributed by atoms with Crippen molar-refractivity contribution in [2.24, 2.45) is 5.92 Å². The van der Waals surface area contributed by atoms with E-state index in [0.717, 1.165) is 53.1 Å². The van der Waals surface area contributed by atoms with E-state index in [1.165, 1.54) is 4.90 Å². The van der Waals surface area contributed by atoms with Gasteiger partial charge in [-0.25, -0.2) is 9.78 Å². The number of anilines is 1. The molecule has 1 atom stereocenters. The Kier molecular flexibility index (Phi) is 8.07.